The van der Waals surface area contributed by atoms with Gasteiger partial charge in [0.1, 0.15) is 5.75 Å². The van der Waals surface area contributed by atoms with Crippen LogP contribution in [0.15, 0.2) is 33.3 Å². The number of esters is 2. The predicted molar refractivity (Wildman–Crippen MR) is 98.1 cm³/mol. The first-order valence-electron chi connectivity index (χ1n) is 7.49. The Morgan fingerprint density at radius 3 is 2.46 bits per heavy atom. The van der Waals surface area contributed by atoms with Gasteiger partial charge in [-0.3, -0.25) is 14.9 Å². The van der Waals surface area contributed by atoms with Crippen molar-refractivity contribution >= 4 is 41.0 Å². The summed E-state index contributed by atoms with van der Waals surface area (Å²) in [7, 11) is 1.23. The molecule has 0 unspecified atom stereocenters. The van der Waals surface area contributed by atoms with Crippen LogP contribution in [0, 0.1) is 13.8 Å². The van der Waals surface area contributed by atoms with Crippen molar-refractivity contribution < 1.29 is 23.9 Å². The van der Waals surface area contributed by atoms with E-state index < -0.39 is 11.9 Å². The number of hydrogen-bond donors (Lipinski definition) is 1. The van der Waals surface area contributed by atoms with Gasteiger partial charge in [-0.25, -0.2) is 4.79 Å². The average Bonchev–Trinajstić information content (AvgIpc) is 2.90. The minimum absolute atomic E-state index is 0.184. The lowest BCUT2D eigenvalue weighted by Gasteiger charge is -2.09. The van der Waals surface area contributed by atoms with E-state index in [0.29, 0.717) is 5.75 Å². The van der Waals surface area contributed by atoms with Gasteiger partial charge >= 0.3 is 11.9 Å². The summed E-state index contributed by atoms with van der Waals surface area (Å²) in [5.41, 5.74) is 2.35. The van der Waals surface area contributed by atoms with E-state index in [9.17, 15) is 14.4 Å². The third-order valence-corrected chi connectivity index (χ3v) is 4.09. The maximum Gasteiger partial charge on any atom is 0.331 e. The molecule has 0 saturated carbocycles. The molecule has 0 radical (unpaired) electrons. The van der Waals surface area contributed by atoms with Crippen molar-refractivity contribution in [2.24, 2.45) is 10.2 Å². The van der Waals surface area contributed by atoms with Gasteiger partial charge in [0.05, 0.1) is 18.2 Å². The fraction of sp³-hybridized carbons (Fsp3) is 0.235. The van der Waals surface area contributed by atoms with Crippen LogP contribution in [0.3, 0.4) is 0 Å². The second-order valence-corrected chi connectivity index (χ2v) is 6.35. The largest absolute Gasteiger partial charge is 0.466 e. The number of amides is 1. The number of carbonyl (C=O) groups excluding carboxylic acids is 3. The quantitative estimate of drug-likeness (QED) is 0.283. The number of benzene rings is 1. The van der Waals surface area contributed by atoms with Crippen LogP contribution in [-0.4, -0.2) is 36.3 Å². The molecule has 8 nitrogen and oxygen atoms in total. The summed E-state index contributed by atoms with van der Waals surface area (Å²) in [6, 6.07) is 3.61. The molecule has 1 saturated heterocycles. The highest BCUT2D eigenvalue weighted by Gasteiger charge is 2.25. The number of carbonyl (C=O) groups is 3. The zero-order valence-electron chi connectivity index (χ0n) is 14.7. The van der Waals surface area contributed by atoms with Gasteiger partial charge in [0.15, 0.2) is 5.17 Å². The smallest absolute Gasteiger partial charge is 0.331 e. The van der Waals surface area contributed by atoms with Crippen molar-refractivity contribution in [2.45, 2.75) is 20.8 Å². The Kier molecular flexibility index (Phi) is 6.29. The highest BCUT2D eigenvalue weighted by molar-refractivity contribution is 8.18. The molecule has 1 heterocycles. The molecule has 2 rings (SSSR count). The fourth-order valence-electron chi connectivity index (χ4n) is 2.15. The first kappa shape index (κ1) is 19.4. The molecule has 1 N–H and O–H groups in total. The summed E-state index contributed by atoms with van der Waals surface area (Å²) in [5.74, 6) is -0.913. The molecule has 1 aromatic rings. The summed E-state index contributed by atoms with van der Waals surface area (Å²) >= 11 is 0.992. The Balaban J connectivity index is 2.12. The van der Waals surface area contributed by atoms with Crippen LogP contribution in [0.5, 0.6) is 5.75 Å². The molecule has 136 valence electrons. The van der Waals surface area contributed by atoms with E-state index in [-0.39, 0.29) is 16.0 Å². The monoisotopic (exact) mass is 375 g/mol. The minimum Gasteiger partial charge on any atom is -0.466 e. The van der Waals surface area contributed by atoms with Gasteiger partial charge in [-0.15, -0.1) is 5.10 Å². The fourth-order valence-corrected chi connectivity index (χ4v) is 2.89. The number of aryl methyl sites for hydroxylation is 2. The maximum atomic E-state index is 11.7. The second-order valence-electron chi connectivity index (χ2n) is 5.32. The minimum atomic E-state index is -0.619. The van der Waals surface area contributed by atoms with Crippen LogP contribution in [0.25, 0.3) is 0 Å². The van der Waals surface area contributed by atoms with Gasteiger partial charge in [-0.1, -0.05) is 0 Å². The number of ether oxygens (including phenoxy) is 2. The highest BCUT2D eigenvalue weighted by atomic mass is 32.2. The molecule has 1 fully saturated rings. The Hall–Kier alpha value is -2.94. The first-order chi connectivity index (χ1) is 12.3. The van der Waals surface area contributed by atoms with E-state index in [1.807, 2.05) is 13.8 Å². The van der Waals surface area contributed by atoms with Crippen molar-refractivity contribution in [1.29, 1.82) is 0 Å². The standard InChI is InChI=1S/C17H17N3O5S/c1-9-5-12(6-10(2)15(9)25-11(3)21)8-18-20-17-19-16(23)13(26-17)7-14(22)24-4/h5-8H,1-4H3,(H,19,20,23)/b13-7+,18-8?. The molecule has 1 aliphatic heterocycles. The zero-order valence-corrected chi connectivity index (χ0v) is 15.5. The summed E-state index contributed by atoms with van der Waals surface area (Å²) in [5, 5.41) is 10.6. The third kappa shape index (κ3) is 5.03. The SMILES string of the molecule is COC(=O)/C=C1/S/C(=N\N=Cc2cc(C)c(OC(C)=O)c(C)c2)NC1=O. The molecule has 1 aliphatic rings. The topological polar surface area (TPSA) is 106 Å². The summed E-state index contributed by atoms with van der Waals surface area (Å²) in [6.45, 7) is 5.00. The molecule has 9 heteroatoms. The van der Waals surface area contributed by atoms with Gasteiger partial charge in [0.25, 0.3) is 5.91 Å². The molecule has 0 atom stereocenters. The lowest BCUT2D eigenvalue weighted by atomic mass is 10.1. The predicted octanol–water partition coefficient (Wildman–Crippen LogP) is 1.84. The Morgan fingerprint density at radius 2 is 1.88 bits per heavy atom. The molecule has 1 amide bonds. The molecule has 0 aliphatic carbocycles. The normalized spacial score (nSPS) is 17.0. The zero-order chi connectivity index (χ0) is 19.3. The molecule has 0 spiro atoms. The van der Waals surface area contributed by atoms with Gasteiger partial charge in [-0.05, 0) is 54.4 Å². The molecule has 1 aromatic carbocycles. The van der Waals surface area contributed by atoms with Gasteiger partial charge in [0.2, 0.25) is 0 Å². The Labute approximate surface area is 154 Å². The van der Waals surface area contributed by atoms with Crippen LogP contribution >= 0.6 is 11.8 Å². The molecular formula is C17H17N3O5S. The maximum absolute atomic E-state index is 11.7. The van der Waals surface area contributed by atoms with E-state index >= 15 is 0 Å². The van der Waals surface area contributed by atoms with Gasteiger partial charge in [0, 0.05) is 13.0 Å². The summed E-state index contributed by atoms with van der Waals surface area (Å²) < 4.78 is 9.66. The van der Waals surface area contributed by atoms with E-state index in [0.717, 1.165) is 34.5 Å². The number of hydrogen-bond acceptors (Lipinski definition) is 8. The molecule has 0 bridgehead atoms. The second kappa shape index (κ2) is 8.43. The third-order valence-electron chi connectivity index (χ3n) is 3.18. The van der Waals surface area contributed by atoms with Crippen molar-refractivity contribution in [3.63, 3.8) is 0 Å². The number of thioether (sulfide) groups is 1. The van der Waals surface area contributed by atoms with E-state index in [1.54, 1.807) is 12.1 Å². The molecule has 26 heavy (non-hydrogen) atoms. The first-order valence-corrected chi connectivity index (χ1v) is 8.31. The van der Waals surface area contributed by atoms with Crippen molar-refractivity contribution in [2.75, 3.05) is 7.11 Å². The van der Waals surface area contributed by atoms with Crippen molar-refractivity contribution in [3.05, 3.63) is 39.8 Å². The number of methoxy groups -OCH3 is 1. The highest BCUT2D eigenvalue weighted by Crippen LogP contribution is 2.25. The Morgan fingerprint density at radius 1 is 1.23 bits per heavy atom. The van der Waals surface area contributed by atoms with E-state index in [1.165, 1.54) is 20.2 Å². The van der Waals surface area contributed by atoms with E-state index in [4.69, 9.17) is 4.74 Å². The van der Waals surface area contributed by atoms with Crippen molar-refractivity contribution in [3.8, 4) is 5.75 Å². The number of rotatable bonds is 4. The molecular weight excluding hydrogens is 358 g/mol. The number of amidine groups is 1. The number of nitrogens with one attached hydrogen (secondary N) is 1. The number of nitrogens with zero attached hydrogens (tertiary/aromatic N) is 2. The van der Waals surface area contributed by atoms with E-state index in [2.05, 4.69) is 20.3 Å². The van der Waals surface area contributed by atoms with Crippen molar-refractivity contribution in [1.82, 2.24) is 5.32 Å². The summed E-state index contributed by atoms with van der Waals surface area (Å²) in [4.78, 5) is 34.2. The lowest BCUT2D eigenvalue weighted by molar-refractivity contribution is -0.135. The summed E-state index contributed by atoms with van der Waals surface area (Å²) in [6.07, 6.45) is 2.60. The van der Waals surface area contributed by atoms with Crippen LogP contribution in [0.2, 0.25) is 0 Å². The van der Waals surface area contributed by atoms with Crippen LogP contribution in [-0.2, 0) is 19.1 Å². The van der Waals surface area contributed by atoms with Gasteiger partial charge < -0.3 is 9.47 Å². The van der Waals surface area contributed by atoms with Gasteiger partial charge in [-0.2, -0.15) is 5.10 Å². The van der Waals surface area contributed by atoms with Crippen LogP contribution in [0.4, 0.5) is 0 Å². The van der Waals surface area contributed by atoms with Crippen LogP contribution < -0.4 is 10.1 Å². The lowest BCUT2D eigenvalue weighted by Crippen LogP contribution is -2.19. The molecule has 0 aromatic heterocycles. The average molecular weight is 375 g/mol. The Bertz CT molecular complexity index is 835. The van der Waals surface area contributed by atoms with Crippen LogP contribution in [0.1, 0.15) is 23.6 Å².